The summed E-state index contributed by atoms with van der Waals surface area (Å²) in [4.78, 5) is 0. The highest BCUT2D eigenvalue weighted by molar-refractivity contribution is 5.05. The van der Waals surface area contributed by atoms with E-state index < -0.39 is 0 Å². The molecule has 0 bridgehead atoms. The van der Waals surface area contributed by atoms with Gasteiger partial charge in [0.15, 0.2) is 12.4 Å². The average molecular weight is 372 g/mol. The summed E-state index contributed by atoms with van der Waals surface area (Å²) in [7, 11) is 0. The number of nitrogens with zero attached hydrogens (tertiary/aromatic N) is 1. The third kappa shape index (κ3) is 11.2. The normalized spacial score (nSPS) is 10.5. The Labute approximate surface area is 147 Å². The molecule has 0 unspecified atom stereocenters. The van der Waals surface area contributed by atoms with Gasteiger partial charge in [0.1, 0.15) is 6.54 Å². The molecule has 1 aromatic rings. The van der Waals surface area contributed by atoms with E-state index in [2.05, 4.69) is 36.0 Å². The zero-order valence-corrected chi connectivity index (χ0v) is 15.9. The Bertz CT molecular complexity index is 357. The van der Waals surface area contributed by atoms with Crippen LogP contribution >= 0.6 is 0 Å². The highest BCUT2D eigenvalue weighted by atomic mass is 79.9. The monoisotopic (exact) mass is 371 g/mol. The number of unbranched alkanes of at least 4 members (excludes halogenated alkanes) is 8. The van der Waals surface area contributed by atoms with E-state index in [0.717, 1.165) is 13.0 Å². The van der Waals surface area contributed by atoms with Crippen molar-refractivity contribution in [2.45, 2.75) is 84.1 Å². The van der Waals surface area contributed by atoms with Crippen LogP contribution in [0.15, 0.2) is 24.5 Å². The van der Waals surface area contributed by atoms with Gasteiger partial charge in [0.2, 0.25) is 0 Å². The fourth-order valence-corrected chi connectivity index (χ4v) is 2.71. The molecule has 0 atom stereocenters. The van der Waals surface area contributed by atoms with Crippen molar-refractivity contribution in [3.05, 3.63) is 30.1 Å². The molecule has 1 heterocycles. The number of hydrogen-bond donors (Lipinski definition) is 1. The molecule has 1 rings (SSSR count). The molecule has 0 aliphatic heterocycles. The van der Waals surface area contributed by atoms with Crippen LogP contribution in [0.4, 0.5) is 0 Å². The highest BCUT2D eigenvalue weighted by Gasteiger charge is 2.02. The molecular weight excluding hydrogens is 338 g/mol. The standard InChI is InChI=1S/C19H34NO.BrH/c1-2-3-13-19-14-12-16-20(18-19)15-10-8-6-4-5-7-9-11-17-21;/h12,14,16,18,21H,2-11,13,15,17H2,1H3;1H/q+1;/p-1. The molecule has 0 aliphatic carbocycles. The summed E-state index contributed by atoms with van der Waals surface area (Å²) in [5, 5.41) is 8.71. The second-order valence-electron chi connectivity index (χ2n) is 6.11. The third-order valence-electron chi connectivity index (χ3n) is 4.06. The van der Waals surface area contributed by atoms with Crippen molar-refractivity contribution in [2.75, 3.05) is 6.61 Å². The van der Waals surface area contributed by atoms with Crippen LogP contribution in [-0.4, -0.2) is 11.7 Å². The molecule has 0 aromatic carbocycles. The van der Waals surface area contributed by atoms with E-state index in [1.165, 1.54) is 69.8 Å². The molecule has 0 saturated heterocycles. The minimum atomic E-state index is 0. The number of halogens is 1. The zero-order chi connectivity index (χ0) is 15.2. The first-order chi connectivity index (χ1) is 10.4. The van der Waals surface area contributed by atoms with Gasteiger partial charge in [-0.05, 0) is 31.7 Å². The van der Waals surface area contributed by atoms with Crippen LogP contribution in [0, 0.1) is 0 Å². The van der Waals surface area contributed by atoms with Crippen molar-refractivity contribution in [3.8, 4) is 0 Å². The lowest BCUT2D eigenvalue weighted by Gasteiger charge is -2.02. The Hall–Kier alpha value is -0.410. The molecule has 0 spiro atoms. The summed E-state index contributed by atoms with van der Waals surface area (Å²) in [6, 6.07) is 4.44. The first-order valence-electron chi connectivity index (χ1n) is 8.95. The van der Waals surface area contributed by atoms with Gasteiger partial charge in [-0.15, -0.1) is 0 Å². The fourth-order valence-electron chi connectivity index (χ4n) is 2.71. The minimum absolute atomic E-state index is 0. The van der Waals surface area contributed by atoms with Crippen molar-refractivity contribution in [1.82, 2.24) is 0 Å². The van der Waals surface area contributed by atoms with Crippen molar-refractivity contribution in [2.24, 2.45) is 0 Å². The maximum Gasteiger partial charge on any atom is 0.171 e. The first-order valence-corrected chi connectivity index (χ1v) is 8.95. The molecule has 0 saturated carbocycles. The molecule has 1 aromatic heterocycles. The average Bonchev–Trinajstić information content (AvgIpc) is 2.52. The van der Waals surface area contributed by atoms with E-state index in [9.17, 15) is 0 Å². The summed E-state index contributed by atoms with van der Waals surface area (Å²) in [5.74, 6) is 0. The predicted octanol–water partition coefficient (Wildman–Crippen LogP) is 1.43. The van der Waals surface area contributed by atoms with Crippen LogP contribution in [0.5, 0.6) is 0 Å². The molecular formula is C19H34BrNO. The molecule has 0 amide bonds. The molecule has 3 heteroatoms. The van der Waals surface area contributed by atoms with Gasteiger partial charge in [0, 0.05) is 24.7 Å². The van der Waals surface area contributed by atoms with Gasteiger partial charge in [-0.1, -0.05) is 45.4 Å². The smallest absolute Gasteiger partial charge is 0.171 e. The molecule has 22 heavy (non-hydrogen) atoms. The predicted molar refractivity (Wildman–Crippen MR) is 89.3 cm³/mol. The van der Waals surface area contributed by atoms with Crippen molar-refractivity contribution < 1.29 is 26.7 Å². The molecule has 2 nitrogen and oxygen atoms in total. The lowest BCUT2D eigenvalue weighted by atomic mass is 10.1. The second kappa shape index (κ2) is 15.5. The molecule has 1 N–H and O–H groups in total. The van der Waals surface area contributed by atoms with E-state index in [0.29, 0.717) is 6.61 Å². The topological polar surface area (TPSA) is 24.1 Å². The Morgan fingerprint density at radius 1 is 0.909 bits per heavy atom. The Morgan fingerprint density at radius 2 is 1.55 bits per heavy atom. The Balaban J connectivity index is 0.00000441. The van der Waals surface area contributed by atoms with Gasteiger partial charge >= 0.3 is 0 Å². The van der Waals surface area contributed by atoms with Crippen LogP contribution < -0.4 is 21.5 Å². The first kappa shape index (κ1) is 21.6. The van der Waals surface area contributed by atoms with Gasteiger partial charge in [-0.2, -0.15) is 0 Å². The van der Waals surface area contributed by atoms with Gasteiger partial charge < -0.3 is 22.1 Å². The van der Waals surface area contributed by atoms with Crippen LogP contribution in [-0.2, 0) is 13.0 Å². The summed E-state index contributed by atoms with van der Waals surface area (Å²) in [5.41, 5.74) is 1.48. The van der Waals surface area contributed by atoms with E-state index in [1.807, 2.05) is 0 Å². The second-order valence-corrected chi connectivity index (χ2v) is 6.11. The number of aliphatic hydroxyl groups is 1. The summed E-state index contributed by atoms with van der Waals surface area (Å²) in [6.07, 6.45) is 18.4. The van der Waals surface area contributed by atoms with Crippen LogP contribution in [0.3, 0.4) is 0 Å². The number of hydrogen-bond acceptors (Lipinski definition) is 1. The molecule has 128 valence electrons. The van der Waals surface area contributed by atoms with E-state index in [1.54, 1.807) is 0 Å². The maximum absolute atomic E-state index is 8.71. The number of aryl methyl sites for hydroxylation is 2. The summed E-state index contributed by atoms with van der Waals surface area (Å²) in [6.45, 7) is 3.76. The van der Waals surface area contributed by atoms with Crippen molar-refractivity contribution in [1.29, 1.82) is 0 Å². The molecule has 0 fully saturated rings. The van der Waals surface area contributed by atoms with Gasteiger partial charge in [0.25, 0.3) is 0 Å². The number of pyridine rings is 1. The quantitative estimate of drug-likeness (QED) is 0.411. The van der Waals surface area contributed by atoms with Crippen LogP contribution in [0.1, 0.15) is 76.7 Å². The van der Waals surface area contributed by atoms with E-state index >= 15 is 0 Å². The maximum atomic E-state index is 8.71. The SMILES string of the molecule is CCCCc1ccc[n+](CCCCCCCCCCO)c1.[Br-]. The lowest BCUT2D eigenvalue weighted by Crippen LogP contribution is -3.00. The van der Waals surface area contributed by atoms with Crippen LogP contribution in [0.25, 0.3) is 0 Å². The minimum Gasteiger partial charge on any atom is -1.00 e. The lowest BCUT2D eigenvalue weighted by molar-refractivity contribution is -0.697. The third-order valence-corrected chi connectivity index (χ3v) is 4.06. The number of aromatic nitrogens is 1. The van der Waals surface area contributed by atoms with Gasteiger partial charge in [-0.3, -0.25) is 0 Å². The molecule has 0 aliphatic rings. The fraction of sp³-hybridized carbons (Fsp3) is 0.737. The summed E-state index contributed by atoms with van der Waals surface area (Å²) >= 11 is 0. The van der Waals surface area contributed by atoms with Gasteiger partial charge in [0.05, 0.1) is 0 Å². The number of rotatable bonds is 13. The largest absolute Gasteiger partial charge is 1.00 e. The van der Waals surface area contributed by atoms with E-state index in [-0.39, 0.29) is 17.0 Å². The van der Waals surface area contributed by atoms with Crippen LogP contribution in [0.2, 0.25) is 0 Å². The number of aliphatic hydroxyl groups excluding tert-OH is 1. The highest BCUT2D eigenvalue weighted by Crippen LogP contribution is 2.08. The van der Waals surface area contributed by atoms with Gasteiger partial charge in [-0.25, -0.2) is 4.57 Å². The molecule has 0 radical (unpaired) electrons. The van der Waals surface area contributed by atoms with Crippen molar-refractivity contribution >= 4 is 0 Å². The zero-order valence-electron chi connectivity index (χ0n) is 14.3. The summed E-state index contributed by atoms with van der Waals surface area (Å²) < 4.78 is 2.35. The Kier molecular flexibility index (Phi) is 15.2. The van der Waals surface area contributed by atoms with E-state index in [4.69, 9.17) is 5.11 Å². The van der Waals surface area contributed by atoms with Crippen molar-refractivity contribution in [3.63, 3.8) is 0 Å². The Morgan fingerprint density at radius 3 is 2.18 bits per heavy atom.